The van der Waals surface area contributed by atoms with Crippen LogP contribution in [-0.4, -0.2) is 36.5 Å². The van der Waals surface area contributed by atoms with E-state index in [-0.39, 0.29) is 17.3 Å². The molecule has 3 atom stereocenters. The minimum atomic E-state index is -1.62. The van der Waals surface area contributed by atoms with Gasteiger partial charge >= 0.3 is 0 Å². The van der Waals surface area contributed by atoms with Crippen molar-refractivity contribution in [2.75, 3.05) is 12.0 Å². The number of hydrogen-bond donors (Lipinski definition) is 0. The second-order valence-corrected chi connectivity index (χ2v) is 10.9. The molecule has 0 amide bonds. The Balaban J connectivity index is 1.55. The van der Waals surface area contributed by atoms with Crippen LogP contribution in [0.1, 0.15) is 53.7 Å². The SMILES string of the molecule is COc1cccc([C@H]2[C@H](C(=O)c3ccc(C)cc3)N3c4ccc(F)cc4C=CC3C23C(=O)c2ccccc2C3=O)c1. The smallest absolute Gasteiger partial charge is 0.185 e. The van der Waals surface area contributed by atoms with Gasteiger partial charge in [-0.2, -0.15) is 0 Å². The summed E-state index contributed by atoms with van der Waals surface area (Å²) < 4.78 is 19.9. The average Bonchev–Trinajstić information content (AvgIpc) is 3.43. The van der Waals surface area contributed by atoms with Gasteiger partial charge < -0.3 is 9.64 Å². The molecule has 41 heavy (non-hydrogen) atoms. The van der Waals surface area contributed by atoms with Crippen LogP contribution in [0.4, 0.5) is 10.1 Å². The van der Waals surface area contributed by atoms with Crippen LogP contribution in [0.3, 0.4) is 0 Å². The summed E-state index contributed by atoms with van der Waals surface area (Å²) in [6.07, 6.45) is 3.55. The Hall–Kier alpha value is -4.84. The van der Waals surface area contributed by atoms with Crippen LogP contribution in [0.15, 0.2) is 97.1 Å². The summed E-state index contributed by atoms with van der Waals surface area (Å²) in [5, 5.41) is 0. The highest BCUT2D eigenvalue weighted by molar-refractivity contribution is 6.32. The van der Waals surface area contributed by atoms with Crippen molar-refractivity contribution >= 4 is 29.1 Å². The molecule has 2 heterocycles. The lowest BCUT2D eigenvalue weighted by atomic mass is 9.64. The number of methoxy groups -OCH3 is 1. The molecule has 0 N–H and O–H groups in total. The highest BCUT2D eigenvalue weighted by atomic mass is 19.1. The Kier molecular flexibility index (Phi) is 5.58. The second kappa shape index (κ2) is 9.10. The number of Topliss-reactive ketones (excluding diaryl/α,β-unsaturated/α-hetero) is 3. The van der Waals surface area contributed by atoms with E-state index in [1.165, 1.54) is 12.1 Å². The molecule has 5 nitrogen and oxygen atoms in total. The summed E-state index contributed by atoms with van der Waals surface area (Å²) >= 11 is 0. The largest absolute Gasteiger partial charge is 0.497 e. The van der Waals surface area contributed by atoms with Gasteiger partial charge in [-0.1, -0.05) is 78.4 Å². The number of aryl methyl sites for hydroxylation is 1. The van der Waals surface area contributed by atoms with Gasteiger partial charge in [-0.25, -0.2) is 4.39 Å². The summed E-state index contributed by atoms with van der Waals surface area (Å²) in [5.41, 5.74) is 2.40. The predicted octanol–water partition coefficient (Wildman–Crippen LogP) is 6.46. The zero-order valence-corrected chi connectivity index (χ0v) is 22.5. The van der Waals surface area contributed by atoms with E-state index in [1.54, 1.807) is 73.9 Å². The molecule has 1 unspecified atom stereocenters. The molecular weight excluding hydrogens is 517 g/mol. The van der Waals surface area contributed by atoms with Gasteiger partial charge in [0.1, 0.15) is 23.0 Å². The van der Waals surface area contributed by atoms with Crippen LogP contribution in [0.25, 0.3) is 6.08 Å². The Morgan fingerprint density at radius 2 is 1.59 bits per heavy atom. The Morgan fingerprint density at radius 1 is 0.878 bits per heavy atom. The molecule has 7 rings (SSSR count). The first-order chi connectivity index (χ1) is 19.9. The standard InChI is InChI=1S/C35H26FNO4/c1-20-10-12-21(13-11-20)32(38)31-30(23-6-5-7-25(19-23)41-2)35(33(39)26-8-3-4-9-27(26)34(35)40)29-17-14-22-18-24(36)15-16-28(22)37(29)31/h3-19,29-31H,1-2H3/t29?,30-,31+/m0/s1. The first kappa shape index (κ1) is 25.1. The number of ketones is 3. The number of nitrogens with zero attached hydrogens (tertiary/aromatic N) is 1. The molecule has 202 valence electrons. The maximum absolute atomic E-state index is 14.7. The van der Waals surface area contributed by atoms with Crippen LogP contribution in [0, 0.1) is 18.2 Å². The molecule has 0 saturated carbocycles. The van der Waals surface area contributed by atoms with E-state index in [2.05, 4.69) is 0 Å². The normalized spacial score (nSPS) is 21.5. The number of rotatable bonds is 4. The fraction of sp³-hybridized carbons (Fsp3) is 0.171. The van der Waals surface area contributed by atoms with Gasteiger partial charge in [0, 0.05) is 33.9 Å². The molecule has 6 heteroatoms. The third kappa shape index (κ3) is 3.43. The number of carbonyl (C=O) groups excluding carboxylic acids is 3. The molecular formula is C35H26FNO4. The van der Waals surface area contributed by atoms with Crippen molar-refractivity contribution in [1.82, 2.24) is 0 Å². The van der Waals surface area contributed by atoms with Gasteiger partial charge in [0.15, 0.2) is 17.3 Å². The van der Waals surface area contributed by atoms with E-state index < -0.39 is 29.2 Å². The Morgan fingerprint density at radius 3 is 2.27 bits per heavy atom. The van der Waals surface area contributed by atoms with Crippen LogP contribution < -0.4 is 9.64 Å². The monoisotopic (exact) mass is 543 g/mol. The lowest BCUT2D eigenvalue weighted by Crippen LogP contribution is -2.48. The molecule has 1 saturated heterocycles. The van der Waals surface area contributed by atoms with E-state index in [0.717, 1.165) is 5.56 Å². The molecule has 0 bridgehead atoms. The van der Waals surface area contributed by atoms with Gasteiger partial charge in [-0.15, -0.1) is 0 Å². The molecule has 4 aromatic carbocycles. The topological polar surface area (TPSA) is 63.7 Å². The van der Waals surface area contributed by atoms with Crippen LogP contribution in [0.5, 0.6) is 5.75 Å². The van der Waals surface area contributed by atoms with E-state index >= 15 is 0 Å². The number of fused-ring (bicyclic) bond motifs is 5. The van der Waals surface area contributed by atoms with Gasteiger partial charge in [-0.05, 0) is 42.8 Å². The van der Waals surface area contributed by atoms with Crippen molar-refractivity contribution in [1.29, 1.82) is 0 Å². The van der Waals surface area contributed by atoms with Gasteiger partial charge in [0.2, 0.25) is 0 Å². The number of carbonyl (C=O) groups is 3. The minimum Gasteiger partial charge on any atom is -0.497 e. The molecule has 0 aromatic heterocycles. The molecule has 1 aliphatic carbocycles. The highest BCUT2D eigenvalue weighted by Crippen LogP contribution is 2.61. The van der Waals surface area contributed by atoms with Crippen molar-refractivity contribution in [3.63, 3.8) is 0 Å². The molecule has 2 aliphatic heterocycles. The zero-order valence-electron chi connectivity index (χ0n) is 22.5. The highest BCUT2D eigenvalue weighted by Gasteiger charge is 2.71. The van der Waals surface area contributed by atoms with Crippen LogP contribution in [-0.2, 0) is 0 Å². The van der Waals surface area contributed by atoms with Crippen molar-refractivity contribution in [3.05, 3.63) is 136 Å². The second-order valence-electron chi connectivity index (χ2n) is 10.9. The van der Waals surface area contributed by atoms with Crippen molar-refractivity contribution in [3.8, 4) is 5.75 Å². The summed E-state index contributed by atoms with van der Waals surface area (Å²) in [7, 11) is 1.55. The van der Waals surface area contributed by atoms with E-state index in [4.69, 9.17) is 4.74 Å². The molecule has 0 radical (unpaired) electrons. The third-order valence-corrected chi connectivity index (χ3v) is 8.82. The van der Waals surface area contributed by atoms with Gasteiger partial charge in [0.05, 0.1) is 13.2 Å². The summed E-state index contributed by atoms with van der Waals surface area (Å²) in [4.78, 5) is 45.8. The van der Waals surface area contributed by atoms with Crippen LogP contribution >= 0.6 is 0 Å². The fourth-order valence-electron chi connectivity index (χ4n) is 7.04. The van der Waals surface area contributed by atoms with Gasteiger partial charge in [0.25, 0.3) is 0 Å². The fourth-order valence-corrected chi connectivity index (χ4v) is 7.04. The third-order valence-electron chi connectivity index (χ3n) is 8.82. The average molecular weight is 544 g/mol. The van der Waals surface area contributed by atoms with Crippen molar-refractivity contribution < 1.29 is 23.5 Å². The quantitative estimate of drug-likeness (QED) is 0.218. The molecule has 1 spiro atoms. The first-order valence-corrected chi connectivity index (χ1v) is 13.6. The molecule has 4 aromatic rings. The summed E-state index contributed by atoms with van der Waals surface area (Å²) in [6.45, 7) is 1.95. The predicted molar refractivity (Wildman–Crippen MR) is 154 cm³/mol. The summed E-state index contributed by atoms with van der Waals surface area (Å²) in [5.74, 6) is -1.55. The number of hydrogen-bond acceptors (Lipinski definition) is 5. The van der Waals surface area contributed by atoms with Gasteiger partial charge in [-0.3, -0.25) is 14.4 Å². The Labute approximate surface area is 236 Å². The molecule has 3 aliphatic rings. The van der Waals surface area contributed by atoms with Crippen molar-refractivity contribution in [2.45, 2.75) is 24.9 Å². The minimum absolute atomic E-state index is 0.221. The van der Waals surface area contributed by atoms with E-state index in [0.29, 0.717) is 39.3 Å². The van der Waals surface area contributed by atoms with E-state index in [1.807, 2.05) is 36.1 Å². The first-order valence-electron chi connectivity index (χ1n) is 13.6. The maximum Gasteiger partial charge on any atom is 0.185 e. The number of benzene rings is 4. The maximum atomic E-state index is 14.7. The lowest BCUT2D eigenvalue weighted by molar-refractivity contribution is 0.0665. The number of halogens is 1. The van der Waals surface area contributed by atoms with E-state index in [9.17, 15) is 18.8 Å². The van der Waals surface area contributed by atoms with Crippen molar-refractivity contribution in [2.24, 2.45) is 5.41 Å². The summed E-state index contributed by atoms with van der Waals surface area (Å²) in [6, 6.07) is 24.1. The van der Waals surface area contributed by atoms with Crippen LogP contribution in [0.2, 0.25) is 0 Å². The number of ether oxygens (including phenoxy) is 1. The molecule has 1 fully saturated rings. The zero-order chi connectivity index (χ0) is 28.5. The lowest BCUT2D eigenvalue weighted by Gasteiger charge is -2.37. The Bertz CT molecular complexity index is 1760. The number of anilines is 1.